The van der Waals surface area contributed by atoms with Gasteiger partial charge in [0, 0.05) is 13.2 Å². The van der Waals surface area contributed by atoms with E-state index in [9.17, 15) is 5.26 Å². The van der Waals surface area contributed by atoms with Crippen LogP contribution in [-0.4, -0.2) is 25.3 Å². The molecule has 21 heavy (non-hydrogen) atoms. The minimum atomic E-state index is -0.373. The largest absolute Gasteiger partial charge is 0.381 e. The number of nitrogens with one attached hydrogen (secondary N) is 1. The maximum atomic E-state index is 9.32. The molecule has 0 aliphatic rings. The molecule has 0 aromatic heterocycles. The third-order valence-corrected chi connectivity index (χ3v) is 3.82. The van der Waals surface area contributed by atoms with Crippen LogP contribution in [0.15, 0.2) is 30.3 Å². The molecule has 3 nitrogen and oxygen atoms in total. The highest BCUT2D eigenvalue weighted by Crippen LogP contribution is 2.16. The molecule has 0 radical (unpaired) electrons. The summed E-state index contributed by atoms with van der Waals surface area (Å²) in [6.07, 6.45) is 4.74. The van der Waals surface area contributed by atoms with Crippen LogP contribution in [0.3, 0.4) is 0 Å². The first-order valence-corrected chi connectivity index (χ1v) is 8.04. The van der Waals surface area contributed by atoms with Gasteiger partial charge in [0.2, 0.25) is 0 Å². The Morgan fingerprint density at radius 3 is 2.48 bits per heavy atom. The molecule has 0 saturated carbocycles. The topological polar surface area (TPSA) is 45.0 Å². The van der Waals surface area contributed by atoms with Gasteiger partial charge in [-0.3, -0.25) is 5.32 Å². The van der Waals surface area contributed by atoms with Crippen molar-refractivity contribution in [1.29, 1.82) is 5.26 Å². The number of nitriles is 1. The van der Waals surface area contributed by atoms with Gasteiger partial charge in [0.05, 0.1) is 6.07 Å². The molecular weight excluding hydrogens is 260 g/mol. The Kier molecular flexibility index (Phi) is 8.73. The summed E-state index contributed by atoms with van der Waals surface area (Å²) in [6, 6.07) is 12.9. The van der Waals surface area contributed by atoms with E-state index in [1.807, 2.05) is 13.0 Å². The van der Waals surface area contributed by atoms with Crippen molar-refractivity contribution in [2.24, 2.45) is 0 Å². The third-order valence-electron chi connectivity index (χ3n) is 3.82. The molecule has 0 aliphatic heterocycles. The van der Waals surface area contributed by atoms with Crippen LogP contribution in [0.5, 0.6) is 0 Å². The summed E-state index contributed by atoms with van der Waals surface area (Å²) in [5, 5.41) is 12.6. The van der Waals surface area contributed by atoms with Gasteiger partial charge in [-0.05, 0) is 44.2 Å². The van der Waals surface area contributed by atoms with Gasteiger partial charge >= 0.3 is 0 Å². The first kappa shape index (κ1) is 17.7. The van der Waals surface area contributed by atoms with Crippen LogP contribution in [0.25, 0.3) is 0 Å². The number of rotatable bonds is 11. The molecule has 1 rings (SSSR count). The fourth-order valence-electron chi connectivity index (χ4n) is 2.50. The quantitative estimate of drug-likeness (QED) is 0.631. The Morgan fingerprint density at radius 2 is 1.86 bits per heavy atom. The number of aryl methyl sites for hydroxylation is 1. The Balaban J connectivity index is 2.10. The van der Waals surface area contributed by atoms with E-state index in [0.29, 0.717) is 0 Å². The zero-order chi connectivity index (χ0) is 15.4. The highest BCUT2D eigenvalue weighted by Gasteiger charge is 2.25. The summed E-state index contributed by atoms with van der Waals surface area (Å²) < 4.78 is 5.68. The van der Waals surface area contributed by atoms with Crippen molar-refractivity contribution in [1.82, 2.24) is 5.32 Å². The average Bonchev–Trinajstić information content (AvgIpc) is 2.54. The summed E-state index contributed by atoms with van der Waals surface area (Å²) in [5.41, 5.74) is 0.991. The lowest BCUT2D eigenvalue weighted by atomic mass is 9.92. The molecule has 0 heterocycles. The summed E-state index contributed by atoms with van der Waals surface area (Å²) in [7, 11) is 0. The monoisotopic (exact) mass is 288 g/mol. The number of ether oxygens (including phenoxy) is 1. The van der Waals surface area contributed by atoms with Crippen LogP contribution in [0.1, 0.15) is 45.1 Å². The van der Waals surface area contributed by atoms with E-state index >= 15 is 0 Å². The Morgan fingerprint density at radius 1 is 1.14 bits per heavy atom. The van der Waals surface area contributed by atoms with Crippen molar-refractivity contribution in [2.45, 2.75) is 51.5 Å². The number of hydrogen-bond donors (Lipinski definition) is 1. The summed E-state index contributed by atoms with van der Waals surface area (Å²) in [5.74, 6) is 0. The maximum absolute atomic E-state index is 9.32. The van der Waals surface area contributed by atoms with Crippen molar-refractivity contribution in [3.63, 3.8) is 0 Å². The number of nitrogens with zero attached hydrogens (tertiary/aromatic N) is 1. The lowest BCUT2D eigenvalue weighted by Gasteiger charge is -2.25. The minimum absolute atomic E-state index is 0.373. The zero-order valence-electron chi connectivity index (χ0n) is 13.4. The molecule has 1 unspecified atom stereocenters. The molecule has 1 atom stereocenters. The van der Waals surface area contributed by atoms with Gasteiger partial charge in [0.25, 0.3) is 0 Å². The van der Waals surface area contributed by atoms with E-state index in [-0.39, 0.29) is 5.54 Å². The molecule has 0 spiro atoms. The molecule has 0 saturated heterocycles. The van der Waals surface area contributed by atoms with Crippen LogP contribution in [0.2, 0.25) is 0 Å². The van der Waals surface area contributed by atoms with Crippen molar-refractivity contribution in [2.75, 3.05) is 19.8 Å². The van der Waals surface area contributed by atoms with Crippen molar-refractivity contribution < 1.29 is 4.74 Å². The highest BCUT2D eigenvalue weighted by molar-refractivity contribution is 5.14. The van der Waals surface area contributed by atoms with E-state index in [1.165, 1.54) is 5.56 Å². The van der Waals surface area contributed by atoms with Gasteiger partial charge in [0.1, 0.15) is 5.54 Å². The number of benzene rings is 1. The van der Waals surface area contributed by atoms with Gasteiger partial charge in [-0.2, -0.15) is 5.26 Å². The van der Waals surface area contributed by atoms with E-state index in [1.54, 1.807) is 0 Å². The van der Waals surface area contributed by atoms with Gasteiger partial charge in [0.15, 0.2) is 0 Å². The molecule has 0 aliphatic carbocycles. The van der Waals surface area contributed by atoms with Crippen LogP contribution in [0.4, 0.5) is 0 Å². The summed E-state index contributed by atoms with van der Waals surface area (Å²) in [4.78, 5) is 0. The molecular formula is C18H28N2O. The second-order valence-corrected chi connectivity index (χ2v) is 5.38. The third kappa shape index (κ3) is 6.75. The first-order valence-electron chi connectivity index (χ1n) is 8.04. The molecule has 1 N–H and O–H groups in total. The fourth-order valence-corrected chi connectivity index (χ4v) is 2.50. The van der Waals surface area contributed by atoms with Crippen LogP contribution in [0, 0.1) is 11.3 Å². The average molecular weight is 288 g/mol. The molecule has 0 amide bonds. The summed E-state index contributed by atoms with van der Waals surface area (Å²) >= 11 is 0. The van der Waals surface area contributed by atoms with E-state index in [0.717, 1.165) is 51.9 Å². The molecule has 1 aromatic carbocycles. The zero-order valence-corrected chi connectivity index (χ0v) is 13.4. The lowest BCUT2D eigenvalue weighted by molar-refractivity contribution is 0.123. The molecule has 3 heteroatoms. The van der Waals surface area contributed by atoms with Crippen LogP contribution >= 0.6 is 0 Å². The normalized spacial score (nSPS) is 13.6. The fraction of sp³-hybridized carbons (Fsp3) is 0.611. The Hall–Kier alpha value is -1.37. The molecule has 0 fully saturated rings. The molecule has 0 bridgehead atoms. The van der Waals surface area contributed by atoms with E-state index in [4.69, 9.17) is 4.74 Å². The minimum Gasteiger partial charge on any atom is -0.381 e. The van der Waals surface area contributed by atoms with Gasteiger partial charge in [-0.25, -0.2) is 0 Å². The van der Waals surface area contributed by atoms with E-state index in [2.05, 4.69) is 42.6 Å². The SMILES string of the molecule is CCNC(C#N)(CC)CCCOCCCc1ccccc1. The Labute approximate surface area is 129 Å². The van der Waals surface area contributed by atoms with Gasteiger partial charge in [-0.1, -0.05) is 44.2 Å². The molecule has 1 aromatic rings. The first-order chi connectivity index (χ1) is 10.3. The van der Waals surface area contributed by atoms with Crippen molar-refractivity contribution in [3.05, 3.63) is 35.9 Å². The lowest BCUT2D eigenvalue weighted by Crippen LogP contribution is -2.43. The summed E-state index contributed by atoms with van der Waals surface area (Å²) in [6.45, 7) is 6.47. The smallest absolute Gasteiger partial charge is 0.106 e. The highest BCUT2D eigenvalue weighted by atomic mass is 16.5. The predicted octanol–water partition coefficient (Wildman–Crippen LogP) is 3.70. The maximum Gasteiger partial charge on any atom is 0.106 e. The standard InChI is InChI=1S/C18H28N2O/c1-3-18(16-19,20-4-2)13-9-15-21-14-8-12-17-10-6-5-7-11-17/h5-7,10-11,20H,3-4,8-9,12-15H2,1-2H3. The second kappa shape index (κ2) is 10.4. The van der Waals surface area contributed by atoms with Crippen molar-refractivity contribution in [3.8, 4) is 6.07 Å². The predicted molar refractivity (Wildman–Crippen MR) is 87.1 cm³/mol. The molecule has 116 valence electrons. The van der Waals surface area contributed by atoms with Gasteiger partial charge < -0.3 is 4.74 Å². The van der Waals surface area contributed by atoms with E-state index < -0.39 is 0 Å². The second-order valence-electron chi connectivity index (χ2n) is 5.38. The van der Waals surface area contributed by atoms with Crippen molar-refractivity contribution >= 4 is 0 Å². The number of hydrogen-bond acceptors (Lipinski definition) is 3. The van der Waals surface area contributed by atoms with Crippen LogP contribution < -0.4 is 5.32 Å². The van der Waals surface area contributed by atoms with Crippen LogP contribution in [-0.2, 0) is 11.2 Å². The van der Waals surface area contributed by atoms with Gasteiger partial charge in [-0.15, -0.1) is 0 Å². The Bertz CT molecular complexity index is 413.